The molecule has 0 radical (unpaired) electrons. The summed E-state index contributed by atoms with van der Waals surface area (Å²) >= 11 is 2.31. The van der Waals surface area contributed by atoms with Gasteiger partial charge in [0.1, 0.15) is 5.60 Å². The minimum absolute atomic E-state index is 0.00542. The highest BCUT2D eigenvalue weighted by molar-refractivity contribution is 14.1. The molecular formula is C19H28INO2. The molecule has 0 aromatic heterocycles. The summed E-state index contributed by atoms with van der Waals surface area (Å²) in [6.07, 6.45) is 3.80. The number of allylic oxidation sites excluding steroid dienone is 1. The molecule has 0 fully saturated rings. The van der Waals surface area contributed by atoms with Crippen LogP contribution in [0.5, 0.6) is 0 Å². The fraction of sp³-hybridized carbons (Fsp3) is 0.526. The fourth-order valence-corrected chi connectivity index (χ4v) is 2.86. The Morgan fingerprint density at radius 3 is 2.39 bits per heavy atom. The summed E-state index contributed by atoms with van der Waals surface area (Å²) in [4.78, 5) is 14.6. The van der Waals surface area contributed by atoms with Crippen LogP contribution in [0.25, 0.3) is 0 Å². The van der Waals surface area contributed by atoms with E-state index in [1.165, 1.54) is 0 Å². The van der Waals surface area contributed by atoms with E-state index in [9.17, 15) is 4.79 Å². The van der Waals surface area contributed by atoms with Gasteiger partial charge in [-0.2, -0.15) is 0 Å². The van der Waals surface area contributed by atoms with Crippen molar-refractivity contribution >= 4 is 28.7 Å². The summed E-state index contributed by atoms with van der Waals surface area (Å²) in [6, 6.07) is 8.14. The van der Waals surface area contributed by atoms with Crippen LogP contribution >= 0.6 is 22.6 Å². The summed E-state index contributed by atoms with van der Waals surface area (Å²) in [5, 5.41) is 0. The molecule has 3 nitrogen and oxygen atoms in total. The standard InChI is InChI=1S/C19H28INO2/c1-7-10-17(14(2)3)21(18(22)23-19(4,5)6)13-15-11-8-9-12-16(15)20/h7-12,14,17H,13H2,1-6H3/b10-7-/t17-/m1/s1. The van der Waals surface area contributed by atoms with Crippen LogP contribution in [0.2, 0.25) is 0 Å². The Kier molecular flexibility index (Phi) is 7.58. The average Bonchev–Trinajstić information content (AvgIpc) is 2.42. The van der Waals surface area contributed by atoms with Crippen molar-refractivity contribution in [3.63, 3.8) is 0 Å². The minimum atomic E-state index is -0.503. The third kappa shape index (κ3) is 6.53. The average molecular weight is 429 g/mol. The van der Waals surface area contributed by atoms with E-state index >= 15 is 0 Å². The van der Waals surface area contributed by atoms with Crippen LogP contribution in [0, 0.1) is 9.49 Å². The Bertz CT molecular complexity index is 547. The van der Waals surface area contributed by atoms with E-state index in [1.54, 1.807) is 0 Å². The molecule has 0 heterocycles. The predicted octanol–water partition coefficient (Wildman–Crippen LogP) is 5.63. The van der Waals surface area contributed by atoms with Crippen LogP contribution in [-0.4, -0.2) is 22.6 Å². The highest BCUT2D eigenvalue weighted by Crippen LogP contribution is 2.22. The van der Waals surface area contributed by atoms with Crippen LogP contribution in [-0.2, 0) is 11.3 Å². The van der Waals surface area contributed by atoms with E-state index < -0.39 is 5.60 Å². The second kappa shape index (κ2) is 8.71. The largest absolute Gasteiger partial charge is 0.444 e. The fourth-order valence-electron chi connectivity index (χ4n) is 2.31. The quantitative estimate of drug-likeness (QED) is 0.449. The molecule has 0 aliphatic rings. The van der Waals surface area contributed by atoms with E-state index in [0.29, 0.717) is 12.5 Å². The first-order chi connectivity index (χ1) is 10.7. The number of carbonyl (C=O) groups excluding carboxylic acids is 1. The number of amides is 1. The van der Waals surface area contributed by atoms with Crippen LogP contribution < -0.4 is 0 Å². The lowest BCUT2D eigenvalue weighted by Gasteiger charge is -2.34. The van der Waals surface area contributed by atoms with Gasteiger partial charge >= 0.3 is 6.09 Å². The molecule has 0 spiro atoms. The molecule has 4 heteroatoms. The molecule has 1 aromatic carbocycles. The third-order valence-corrected chi connectivity index (χ3v) is 4.41. The number of nitrogens with zero attached hydrogens (tertiary/aromatic N) is 1. The number of halogens is 1. The first-order valence-electron chi connectivity index (χ1n) is 8.01. The van der Waals surface area contributed by atoms with Crippen molar-refractivity contribution in [2.45, 2.75) is 59.7 Å². The summed E-state index contributed by atoms with van der Waals surface area (Å²) < 4.78 is 6.79. The lowest BCUT2D eigenvalue weighted by Crippen LogP contribution is -2.44. The molecule has 1 aromatic rings. The molecule has 0 saturated carbocycles. The van der Waals surface area contributed by atoms with E-state index in [4.69, 9.17) is 4.74 Å². The maximum absolute atomic E-state index is 12.8. The van der Waals surface area contributed by atoms with Crippen molar-refractivity contribution in [1.29, 1.82) is 0 Å². The summed E-state index contributed by atoms with van der Waals surface area (Å²) in [5.41, 5.74) is 0.630. The normalized spacial score (nSPS) is 13.4. The highest BCUT2D eigenvalue weighted by atomic mass is 127. The lowest BCUT2D eigenvalue weighted by atomic mass is 10.0. The Balaban J connectivity index is 3.14. The monoisotopic (exact) mass is 429 g/mol. The number of benzene rings is 1. The predicted molar refractivity (Wildman–Crippen MR) is 104 cm³/mol. The molecule has 23 heavy (non-hydrogen) atoms. The first-order valence-corrected chi connectivity index (χ1v) is 9.09. The van der Waals surface area contributed by atoms with E-state index in [-0.39, 0.29) is 12.1 Å². The van der Waals surface area contributed by atoms with Crippen LogP contribution in [0.3, 0.4) is 0 Å². The van der Waals surface area contributed by atoms with Crippen molar-refractivity contribution in [1.82, 2.24) is 4.90 Å². The molecule has 0 bridgehead atoms. The van der Waals surface area contributed by atoms with Gasteiger partial charge < -0.3 is 4.74 Å². The molecule has 0 saturated heterocycles. The third-order valence-electron chi connectivity index (χ3n) is 3.36. The molecule has 0 N–H and O–H groups in total. The van der Waals surface area contributed by atoms with Crippen LogP contribution in [0.15, 0.2) is 36.4 Å². The van der Waals surface area contributed by atoms with Gasteiger partial charge in [0.25, 0.3) is 0 Å². The number of ether oxygens (including phenoxy) is 1. The molecule has 1 atom stereocenters. The van der Waals surface area contributed by atoms with Gasteiger partial charge in [-0.3, -0.25) is 4.90 Å². The highest BCUT2D eigenvalue weighted by Gasteiger charge is 2.29. The van der Waals surface area contributed by atoms with Gasteiger partial charge in [-0.15, -0.1) is 0 Å². The molecule has 128 valence electrons. The van der Waals surface area contributed by atoms with E-state index in [1.807, 2.05) is 50.8 Å². The summed E-state index contributed by atoms with van der Waals surface area (Å²) in [5.74, 6) is 0.306. The van der Waals surface area contributed by atoms with Gasteiger partial charge in [-0.05, 0) is 67.8 Å². The Labute approximate surface area is 154 Å². The van der Waals surface area contributed by atoms with Crippen molar-refractivity contribution in [3.05, 3.63) is 45.6 Å². The smallest absolute Gasteiger partial charge is 0.411 e. The number of hydrogen-bond acceptors (Lipinski definition) is 2. The SMILES string of the molecule is C/C=C\[C@H](C(C)C)N(Cc1ccccc1I)C(=O)OC(C)(C)C. The number of hydrogen-bond donors (Lipinski definition) is 0. The van der Waals surface area contributed by atoms with E-state index in [0.717, 1.165) is 9.13 Å². The maximum atomic E-state index is 12.8. The zero-order chi connectivity index (χ0) is 17.6. The van der Waals surface area contributed by atoms with Gasteiger partial charge in [0.2, 0.25) is 0 Å². The molecule has 0 aliphatic heterocycles. The summed E-state index contributed by atoms with van der Waals surface area (Å²) in [7, 11) is 0. The zero-order valence-electron chi connectivity index (χ0n) is 15.0. The van der Waals surface area contributed by atoms with E-state index in [2.05, 4.69) is 54.6 Å². The van der Waals surface area contributed by atoms with Crippen molar-refractivity contribution < 1.29 is 9.53 Å². The van der Waals surface area contributed by atoms with Crippen LogP contribution in [0.1, 0.15) is 47.1 Å². The van der Waals surface area contributed by atoms with Crippen molar-refractivity contribution in [3.8, 4) is 0 Å². The van der Waals surface area contributed by atoms with Gasteiger partial charge in [0, 0.05) is 3.57 Å². The Morgan fingerprint density at radius 2 is 1.91 bits per heavy atom. The number of carbonyl (C=O) groups is 1. The van der Waals surface area contributed by atoms with Crippen molar-refractivity contribution in [2.24, 2.45) is 5.92 Å². The Hall–Kier alpha value is -1.04. The van der Waals surface area contributed by atoms with Gasteiger partial charge in [-0.1, -0.05) is 44.2 Å². The first kappa shape index (κ1) is 20.0. The second-order valence-corrected chi connectivity index (χ2v) is 8.12. The topological polar surface area (TPSA) is 29.5 Å². The van der Waals surface area contributed by atoms with Crippen molar-refractivity contribution in [2.75, 3.05) is 0 Å². The van der Waals surface area contributed by atoms with Crippen LogP contribution in [0.4, 0.5) is 4.79 Å². The van der Waals surface area contributed by atoms with Gasteiger partial charge in [-0.25, -0.2) is 4.79 Å². The summed E-state index contributed by atoms with van der Waals surface area (Å²) in [6.45, 7) is 12.5. The maximum Gasteiger partial charge on any atom is 0.411 e. The second-order valence-electron chi connectivity index (χ2n) is 6.96. The Morgan fingerprint density at radius 1 is 1.30 bits per heavy atom. The number of rotatable bonds is 5. The molecule has 0 unspecified atom stereocenters. The molecular weight excluding hydrogens is 401 g/mol. The molecule has 1 rings (SSSR count). The molecule has 1 amide bonds. The minimum Gasteiger partial charge on any atom is -0.444 e. The molecule has 0 aliphatic carbocycles. The van der Waals surface area contributed by atoms with Gasteiger partial charge in [0.15, 0.2) is 0 Å². The van der Waals surface area contributed by atoms with Gasteiger partial charge in [0.05, 0.1) is 12.6 Å². The zero-order valence-corrected chi connectivity index (χ0v) is 17.1. The lowest BCUT2D eigenvalue weighted by molar-refractivity contribution is 0.0140.